The van der Waals surface area contributed by atoms with E-state index in [0.717, 1.165) is 5.56 Å². The van der Waals surface area contributed by atoms with E-state index in [1.807, 2.05) is 18.4 Å². The van der Waals surface area contributed by atoms with Gasteiger partial charge in [0.25, 0.3) is 0 Å². The number of hydrogen-bond donors (Lipinski definition) is 1. The van der Waals surface area contributed by atoms with E-state index in [9.17, 15) is 4.39 Å². The predicted molar refractivity (Wildman–Crippen MR) is 44.7 cm³/mol. The molecule has 0 bridgehead atoms. The van der Waals surface area contributed by atoms with Crippen LogP contribution < -0.4 is 5.32 Å². The van der Waals surface area contributed by atoms with E-state index in [-0.39, 0.29) is 0 Å². The molecular formula is C8H10FNS. The zero-order valence-electron chi connectivity index (χ0n) is 6.36. The summed E-state index contributed by atoms with van der Waals surface area (Å²) in [6, 6.07) is 1.94. The minimum atomic E-state index is -1.06. The number of rotatable bonds is 1. The Morgan fingerprint density at radius 3 is 2.73 bits per heavy atom. The fraction of sp³-hybridized carbons (Fsp3) is 0.500. The summed E-state index contributed by atoms with van der Waals surface area (Å²) in [5.41, 5.74) is -0.219. The Bertz CT molecular complexity index is 265. The SMILES string of the molecule is Cc1cc(C2(F)CNC2)cs1. The molecule has 1 nitrogen and oxygen atoms in total. The summed E-state index contributed by atoms with van der Waals surface area (Å²) in [7, 11) is 0. The van der Waals surface area contributed by atoms with Crippen LogP contribution in [0.2, 0.25) is 0 Å². The molecule has 0 aromatic carbocycles. The maximum Gasteiger partial charge on any atom is 0.161 e. The molecule has 0 atom stereocenters. The maximum absolute atomic E-state index is 13.6. The highest BCUT2D eigenvalue weighted by molar-refractivity contribution is 7.10. The second-order valence-corrected chi connectivity index (χ2v) is 4.13. The van der Waals surface area contributed by atoms with Crippen molar-refractivity contribution in [3.8, 4) is 0 Å². The van der Waals surface area contributed by atoms with Crippen LogP contribution in [0.3, 0.4) is 0 Å². The lowest BCUT2D eigenvalue weighted by Gasteiger charge is -2.34. The molecule has 2 heterocycles. The summed E-state index contributed by atoms with van der Waals surface area (Å²) < 4.78 is 13.6. The van der Waals surface area contributed by atoms with Crippen molar-refractivity contribution in [1.29, 1.82) is 0 Å². The maximum atomic E-state index is 13.6. The summed E-state index contributed by atoms with van der Waals surface area (Å²) in [4.78, 5) is 1.18. The Kier molecular flexibility index (Phi) is 1.51. The minimum Gasteiger partial charge on any atom is -0.310 e. The first-order valence-corrected chi connectivity index (χ1v) is 4.54. The summed E-state index contributed by atoms with van der Waals surface area (Å²) in [5, 5.41) is 4.85. The van der Waals surface area contributed by atoms with Crippen molar-refractivity contribution in [2.45, 2.75) is 12.6 Å². The van der Waals surface area contributed by atoms with Gasteiger partial charge in [-0.25, -0.2) is 4.39 Å². The summed E-state index contributed by atoms with van der Waals surface area (Å²) in [5.74, 6) is 0. The molecule has 3 heteroatoms. The van der Waals surface area contributed by atoms with Crippen LogP contribution in [0, 0.1) is 6.92 Å². The van der Waals surface area contributed by atoms with Crippen LogP contribution in [0.1, 0.15) is 10.4 Å². The zero-order valence-corrected chi connectivity index (χ0v) is 7.17. The molecule has 1 aliphatic rings. The van der Waals surface area contributed by atoms with Crippen molar-refractivity contribution in [1.82, 2.24) is 5.32 Å². The Morgan fingerprint density at radius 2 is 2.36 bits per heavy atom. The van der Waals surface area contributed by atoms with Gasteiger partial charge in [0.15, 0.2) is 5.67 Å². The Labute approximate surface area is 69.2 Å². The van der Waals surface area contributed by atoms with E-state index >= 15 is 0 Å². The van der Waals surface area contributed by atoms with Crippen molar-refractivity contribution in [2.24, 2.45) is 0 Å². The second-order valence-electron chi connectivity index (χ2n) is 3.01. The van der Waals surface area contributed by atoms with Crippen molar-refractivity contribution in [3.63, 3.8) is 0 Å². The van der Waals surface area contributed by atoms with Gasteiger partial charge in [0.1, 0.15) is 0 Å². The molecule has 2 rings (SSSR count). The number of thiophene rings is 1. The second kappa shape index (κ2) is 2.29. The highest BCUT2D eigenvalue weighted by Crippen LogP contribution is 2.32. The average molecular weight is 171 g/mol. The van der Waals surface area contributed by atoms with Crippen molar-refractivity contribution in [3.05, 3.63) is 21.9 Å². The molecule has 1 N–H and O–H groups in total. The van der Waals surface area contributed by atoms with Gasteiger partial charge in [-0.05, 0) is 18.4 Å². The largest absolute Gasteiger partial charge is 0.310 e. The lowest BCUT2D eigenvalue weighted by atomic mass is 9.92. The third-order valence-electron chi connectivity index (χ3n) is 2.06. The Morgan fingerprint density at radius 1 is 1.64 bits per heavy atom. The van der Waals surface area contributed by atoms with Gasteiger partial charge >= 0.3 is 0 Å². The molecule has 1 saturated heterocycles. The van der Waals surface area contributed by atoms with Gasteiger partial charge in [-0.15, -0.1) is 11.3 Å². The van der Waals surface area contributed by atoms with Crippen molar-refractivity contribution < 1.29 is 4.39 Å². The molecule has 0 spiro atoms. The molecule has 0 amide bonds. The molecule has 0 aliphatic carbocycles. The lowest BCUT2D eigenvalue weighted by molar-refractivity contribution is 0.0896. The van der Waals surface area contributed by atoms with Crippen LogP contribution in [0.5, 0.6) is 0 Å². The van der Waals surface area contributed by atoms with Gasteiger partial charge in [0, 0.05) is 23.5 Å². The van der Waals surface area contributed by atoms with Crippen LogP contribution in [0.4, 0.5) is 4.39 Å². The molecule has 1 aromatic rings. The van der Waals surface area contributed by atoms with E-state index in [2.05, 4.69) is 5.32 Å². The number of nitrogens with one attached hydrogen (secondary N) is 1. The highest BCUT2D eigenvalue weighted by atomic mass is 32.1. The predicted octanol–water partition coefficient (Wildman–Crippen LogP) is 1.82. The minimum absolute atomic E-state index is 0.475. The normalized spacial score (nSPS) is 21.3. The number of aryl methyl sites for hydroxylation is 1. The number of alkyl halides is 1. The van der Waals surface area contributed by atoms with Crippen LogP contribution in [-0.2, 0) is 5.67 Å². The smallest absolute Gasteiger partial charge is 0.161 e. The third kappa shape index (κ3) is 1.08. The van der Waals surface area contributed by atoms with E-state index in [1.165, 1.54) is 4.88 Å². The van der Waals surface area contributed by atoms with Gasteiger partial charge in [0.05, 0.1) is 0 Å². The number of hydrogen-bond acceptors (Lipinski definition) is 2. The molecule has 0 saturated carbocycles. The first-order chi connectivity index (χ1) is 5.21. The Hall–Kier alpha value is -0.410. The quantitative estimate of drug-likeness (QED) is 0.679. The van der Waals surface area contributed by atoms with Crippen LogP contribution in [-0.4, -0.2) is 13.1 Å². The molecule has 1 aliphatic heterocycles. The standard InChI is InChI=1S/C8H10FNS/c1-6-2-7(3-11-6)8(9)4-10-5-8/h2-3,10H,4-5H2,1H3. The molecular weight excluding hydrogens is 161 g/mol. The van der Waals surface area contributed by atoms with Crippen LogP contribution in [0.25, 0.3) is 0 Å². The summed E-state index contributed by atoms with van der Waals surface area (Å²) in [6.07, 6.45) is 0. The van der Waals surface area contributed by atoms with Gasteiger partial charge in [0.2, 0.25) is 0 Å². The van der Waals surface area contributed by atoms with Crippen LogP contribution in [0.15, 0.2) is 11.4 Å². The molecule has 11 heavy (non-hydrogen) atoms. The van der Waals surface area contributed by atoms with Gasteiger partial charge in [-0.2, -0.15) is 0 Å². The first-order valence-electron chi connectivity index (χ1n) is 3.66. The van der Waals surface area contributed by atoms with E-state index in [0.29, 0.717) is 13.1 Å². The summed E-state index contributed by atoms with van der Waals surface area (Å²) in [6.45, 7) is 2.95. The average Bonchev–Trinajstić information content (AvgIpc) is 2.31. The fourth-order valence-electron chi connectivity index (χ4n) is 1.23. The van der Waals surface area contributed by atoms with Crippen molar-refractivity contribution in [2.75, 3.05) is 13.1 Å². The number of halogens is 1. The first kappa shape index (κ1) is 7.25. The molecule has 1 aromatic heterocycles. The topological polar surface area (TPSA) is 12.0 Å². The molecule has 1 fully saturated rings. The van der Waals surface area contributed by atoms with E-state index in [1.54, 1.807) is 11.3 Å². The van der Waals surface area contributed by atoms with E-state index < -0.39 is 5.67 Å². The Balaban J connectivity index is 2.28. The van der Waals surface area contributed by atoms with E-state index in [4.69, 9.17) is 0 Å². The summed E-state index contributed by atoms with van der Waals surface area (Å²) >= 11 is 1.61. The van der Waals surface area contributed by atoms with Gasteiger partial charge in [-0.1, -0.05) is 0 Å². The molecule has 60 valence electrons. The molecule has 0 unspecified atom stereocenters. The lowest BCUT2D eigenvalue weighted by Crippen LogP contribution is -2.53. The highest BCUT2D eigenvalue weighted by Gasteiger charge is 2.39. The monoisotopic (exact) mass is 171 g/mol. The van der Waals surface area contributed by atoms with Crippen molar-refractivity contribution >= 4 is 11.3 Å². The van der Waals surface area contributed by atoms with Gasteiger partial charge in [-0.3, -0.25) is 0 Å². The zero-order chi connectivity index (χ0) is 7.90. The van der Waals surface area contributed by atoms with Crippen LogP contribution >= 0.6 is 11.3 Å². The third-order valence-corrected chi connectivity index (χ3v) is 2.92. The van der Waals surface area contributed by atoms with Gasteiger partial charge < -0.3 is 5.32 Å². The molecule has 0 radical (unpaired) electrons. The fourth-order valence-corrected chi connectivity index (χ4v) is 2.01.